The van der Waals surface area contributed by atoms with Gasteiger partial charge in [0.2, 0.25) is 0 Å². The van der Waals surface area contributed by atoms with Crippen molar-refractivity contribution in [1.29, 1.82) is 0 Å². The van der Waals surface area contributed by atoms with Crippen LogP contribution in [0.1, 0.15) is 31.9 Å². The fraction of sp³-hybridized carbons (Fsp3) is 0.583. The summed E-state index contributed by atoms with van der Waals surface area (Å²) in [4.78, 5) is 4.28. The maximum absolute atomic E-state index is 5.71. The molecule has 0 saturated heterocycles. The quantitative estimate of drug-likeness (QED) is 0.743. The summed E-state index contributed by atoms with van der Waals surface area (Å²) in [5, 5.41) is 0. The van der Waals surface area contributed by atoms with Crippen LogP contribution in [0.4, 0.5) is 0 Å². The predicted octanol–water partition coefficient (Wildman–Crippen LogP) is 2.55. The van der Waals surface area contributed by atoms with Crippen LogP contribution >= 0.6 is 0 Å². The van der Waals surface area contributed by atoms with Crippen molar-refractivity contribution < 1.29 is 9.47 Å². The standard InChI is InChI=1S/C12H17NO2/c1-2-14-9-10-6-7-12(8-13-10)15-11-4-3-5-11/h6-8,11H,2-5,9H2,1H3. The zero-order valence-electron chi connectivity index (χ0n) is 9.11. The maximum Gasteiger partial charge on any atom is 0.138 e. The highest BCUT2D eigenvalue weighted by molar-refractivity contribution is 5.20. The van der Waals surface area contributed by atoms with Gasteiger partial charge in [-0.15, -0.1) is 0 Å². The first kappa shape index (κ1) is 10.4. The highest BCUT2D eigenvalue weighted by Gasteiger charge is 2.18. The zero-order chi connectivity index (χ0) is 10.5. The molecule has 1 heterocycles. The second kappa shape index (κ2) is 5.12. The Bertz CT molecular complexity index is 293. The van der Waals surface area contributed by atoms with E-state index >= 15 is 0 Å². The number of nitrogens with zero attached hydrogens (tertiary/aromatic N) is 1. The Balaban J connectivity index is 1.85. The van der Waals surface area contributed by atoms with Crippen molar-refractivity contribution in [2.75, 3.05) is 6.61 Å². The molecule has 3 heteroatoms. The van der Waals surface area contributed by atoms with Gasteiger partial charge in [-0.25, -0.2) is 0 Å². The third kappa shape index (κ3) is 2.93. The maximum atomic E-state index is 5.71. The van der Waals surface area contributed by atoms with E-state index < -0.39 is 0 Å². The third-order valence-electron chi connectivity index (χ3n) is 2.61. The van der Waals surface area contributed by atoms with Crippen molar-refractivity contribution in [2.45, 2.75) is 38.9 Å². The summed E-state index contributed by atoms with van der Waals surface area (Å²) in [6.45, 7) is 3.29. The van der Waals surface area contributed by atoms with Crippen LogP contribution < -0.4 is 4.74 Å². The molecule has 0 radical (unpaired) electrons. The molecule has 0 aliphatic heterocycles. The molecule has 0 spiro atoms. The molecule has 0 bridgehead atoms. The van der Waals surface area contributed by atoms with E-state index in [0.29, 0.717) is 12.7 Å². The lowest BCUT2D eigenvalue weighted by atomic mass is 9.96. The number of aromatic nitrogens is 1. The summed E-state index contributed by atoms with van der Waals surface area (Å²) >= 11 is 0. The molecule has 0 aromatic carbocycles. The first-order valence-electron chi connectivity index (χ1n) is 5.58. The third-order valence-corrected chi connectivity index (χ3v) is 2.61. The van der Waals surface area contributed by atoms with Crippen LogP contribution in [0.15, 0.2) is 18.3 Å². The molecular weight excluding hydrogens is 190 g/mol. The number of ether oxygens (including phenoxy) is 2. The molecule has 0 amide bonds. The molecule has 15 heavy (non-hydrogen) atoms. The van der Waals surface area contributed by atoms with Crippen molar-refractivity contribution in [1.82, 2.24) is 4.98 Å². The first-order valence-corrected chi connectivity index (χ1v) is 5.58. The Morgan fingerprint density at radius 1 is 1.40 bits per heavy atom. The number of rotatable bonds is 5. The molecule has 0 atom stereocenters. The zero-order valence-corrected chi connectivity index (χ0v) is 9.11. The largest absolute Gasteiger partial charge is 0.489 e. The number of pyridine rings is 1. The van der Waals surface area contributed by atoms with E-state index in [9.17, 15) is 0 Å². The van der Waals surface area contributed by atoms with Crippen LogP contribution in [0.5, 0.6) is 5.75 Å². The summed E-state index contributed by atoms with van der Waals surface area (Å²) in [5.41, 5.74) is 0.956. The molecular formula is C12H17NO2. The molecule has 1 aliphatic rings. The Labute approximate surface area is 90.4 Å². The van der Waals surface area contributed by atoms with E-state index in [-0.39, 0.29) is 0 Å². The fourth-order valence-corrected chi connectivity index (χ4v) is 1.45. The SMILES string of the molecule is CCOCc1ccc(OC2CCC2)cn1. The fourth-order valence-electron chi connectivity index (χ4n) is 1.45. The van der Waals surface area contributed by atoms with Crippen molar-refractivity contribution in [2.24, 2.45) is 0 Å². The molecule has 3 nitrogen and oxygen atoms in total. The topological polar surface area (TPSA) is 31.4 Å². The lowest BCUT2D eigenvalue weighted by molar-refractivity contribution is 0.118. The Hall–Kier alpha value is -1.09. The van der Waals surface area contributed by atoms with E-state index in [0.717, 1.165) is 18.1 Å². The van der Waals surface area contributed by atoms with Crippen LogP contribution in [-0.4, -0.2) is 17.7 Å². The van der Waals surface area contributed by atoms with Gasteiger partial charge in [0.05, 0.1) is 24.6 Å². The molecule has 2 rings (SSSR count). The smallest absolute Gasteiger partial charge is 0.138 e. The van der Waals surface area contributed by atoms with Crippen LogP contribution in [0.25, 0.3) is 0 Å². The normalized spacial score (nSPS) is 16.1. The van der Waals surface area contributed by atoms with Crippen molar-refractivity contribution >= 4 is 0 Å². The Kier molecular flexibility index (Phi) is 3.56. The molecule has 1 aromatic rings. The monoisotopic (exact) mass is 207 g/mol. The summed E-state index contributed by atoms with van der Waals surface area (Å²) in [5.74, 6) is 0.875. The highest BCUT2D eigenvalue weighted by atomic mass is 16.5. The van der Waals surface area contributed by atoms with Crippen molar-refractivity contribution in [3.63, 3.8) is 0 Å². The minimum absolute atomic E-state index is 0.421. The summed E-state index contributed by atoms with van der Waals surface area (Å²) in [6, 6.07) is 3.93. The van der Waals surface area contributed by atoms with Gasteiger partial charge < -0.3 is 9.47 Å². The van der Waals surface area contributed by atoms with Gasteiger partial charge in [-0.05, 0) is 38.3 Å². The molecule has 1 aromatic heterocycles. The van der Waals surface area contributed by atoms with Gasteiger partial charge >= 0.3 is 0 Å². The van der Waals surface area contributed by atoms with E-state index in [1.165, 1.54) is 19.3 Å². The predicted molar refractivity (Wildman–Crippen MR) is 57.8 cm³/mol. The molecule has 0 unspecified atom stereocenters. The number of hydrogen-bond donors (Lipinski definition) is 0. The van der Waals surface area contributed by atoms with Gasteiger partial charge in [-0.2, -0.15) is 0 Å². The lowest BCUT2D eigenvalue weighted by Crippen LogP contribution is -2.24. The van der Waals surface area contributed by atoms with Crippen LogP contribution in [0.3, 0.4) is 0 Å². The lowest BCUT2D eigenvalue weighted by Gasteiger charge is -2.26. The van der Waals surface area contributed by atoms with E-state index in [1.807, 2.05) is 19.1 Å². The Morgan fingerprint density at radius 2 is 2.27 bits per heavy atom. The van der Waals surface area contributed by atoms with Gasteiger partial charge in [-0.3, -0.25) is 4.98 Å². The highest BCUT2D eigenvalue weighted by Crippen LogP contribution is 2.24. The van der Waals surface area contributed by atoms with E-state index in [1.54, 1.807) is 6.20 Å². The molecule has 0 N–H and O–H groups in total. The number of hydrogen-bond acceptors (Lipinski definition) is 3. The van der Waals surface area contributed by atoms with Crippen molar-refractivity contribution in [3.05, 3.63) is 24.0 Å². The first-order chi connectivity index (χ1) is 7.38. The van der Waals surface area contributed by atoms with Gasteiger partial charge in [-0.1, -0.05) is 0 Å². The van der Waals surface area contributed by atoms with Crippen molar-refractivity contribution in [3.8, 4) is 5.75 Å². The second-order valence-corrected chi connectivity index (χ2v) is 3.79. The minimum Gasteiger partial charge on any atom is -0.489 e. The van der Waals surface area contributed by atoms with Crippen LogP contribution in [-0.2, 0) is 11.3 Å². The van der Waals surface area contributed by atoms with Gasteiger partial charge in [0.15, 0.2) is 0 Å². The minimum atomic E-state index is 0.421. The van der Waals surface area contributed by atoms with Gasteiger partial charge in [0.1, 0.15) is 5.75 Å². The van der Waals surface area contributed by atoms with Crippen LogP contribution in [0, 0.1) is 0 Å². The van der Waals surface area contributed by atoms with Gasteiger partial charge in [0.25, 0.3) is 0 Å². The van der Waals surface area contributed by atoms with Gasteiger partial charge in [0, 0.05) is 6.61 Å². The molecule has 1 fully saturated rings. The summed E-state index contributed by atoms with van der Waals surface area (Å²) < 4.78 is 11.0. The second-order valence-electron chi connectivity index (χ2n) is 3.79. The van der Waals surface area contributed by atoms with Crippen LogP contribution in [0.2, 0.25) is 0 Å². The summed E-state index contributed by atoms with van der Waals surface area (Å²) in [6.07, 6.45) is 5.86. The molecule has 1 aliphatic carbocycles. The molecule has 82 valence electrons. The Morgan fingerprint density at radius 3 is 2.80 bits per heavy atom. The average molecular weight is 207 g/mol. The molecule has 1 saturated carbocycles. The van der Waals surface area contributed by atoms with E-state index in [4.69, 9.17) is 9.47 Å². The van der Waals surface area contributed by atoms with E-state index in [2.05, 4.69) is 4.98 Å². The average Bonchev–Trinajstić information content (AvgIpc) is 2.22. The summed E-state index contributed by atoms with van der Waals surface area (Å²) in [7, 11) is 0.